The van der Waals surface area contributed by atoms with Crippen molar-refractivity contribution in [1.29, 1.82) is 0 Å². The smallest absolute Gasteiger partial charge is 0.490 e. The molecule has 0 aromatic carbocycles. The largest absolute Gasteiger partial charge is 0.542 e. The van der Waals surface area contributed by atoms with E-state index in [0.29, 0.717) is 0 Å². The summed E-state index contributed by atoms with van der Waals surface area (Å²) in [7, 11) is 0. The maximum atomic E-state index is 12.3. The number of thiazole rings is 1. The van der Waals surface area contributed by atoms with Crippen molar-refractivity contribution < 1.29 is 75.0 Å². The van der Waals surface area contributed by atoms with Crippen LogP contribution in [0.5, 0.6) is 0 Å². The number of β-lactam (4-membered cyclic amide) rings is 1. The third-order valence-electron chi connectivity index (χ3n) is 5.31. The van der Waals surface area contributed by atoms with Crippen LogP contribution in [0, 0.1) is 0 Å². The molecule has 0 aliphatic carbocycles. The lowest BCUT2D eigenvalue weighted by atomic mass is 9.96. The summed E-state index contributed by atoms with van der Waals surface area (Å²) < 4.78 is 65.1. The number of carboxylic acids is 3. The number of amides is 2. The van der Waals surface area contributed by atoms with Crippen molar-refractivity contribution in [3.63, 3.8) is 0 Å². The summed E-state index contributed by atoms with van der Waals surface area (Å²) in [5.41, 5.74) is 5.79. The van der Waals surface area contributed by atoms with Gasteiger partial charge in [0.15, 0.2) is 28.9 Å². The molecule has 45 heavy (non-hydrogen) atoms. The van der Waals surface area contributed by atoms with Gasteiger partial charge in [0.1, 0.15) is 21.7 Å². The number of nitrogens with zero attached hydrogens (tertiary/aromatic N) is 3. The summed E-state index contributed by atoms with van der Waals surface area (Å²) in [5, 5.41) is 28.1. The van der Waals surface area contributed by atoms with E-state index in [0.717, 1.165) is 23.1 Å². The van der Waals surface area contributed by atoms with Gasteiger partial charge in [0.25, 0.3) is 5.91 Å². The number of aldehydes is 1. The lowest BCUT2D eigenvalue weighted by Crippen LogP contribution is -2.62. The zero-order valence-corrected chi connectivity index (χ0v) is 24.0. The van der Waals surface area contributed by atoms with Gasteiger partial charge in [-0.2, -0.15) is 26.3 Å². The predicted octanol–water partition coefficient (Wildman–Crippen LogP) is 0.410. The molecule has 0 spiro atoms. The topological polar surface area (TPSA) is 224 Å². The Kier molecular flexibility index (Phi) is 11.5. The number of carbonyl (C=O) groups excluding carboxylic acids is 4. The van der Waals surface area contributed by atoms with Gasteiger partial charge in [-0.25, -0.2) is 19.1 Å². The van der Waals surface area contributed by atoms with Crippen molar-refractivity contribution in [1.82, 2.24) is 15.2 Å². The zero-order valence-electron chi connectivity index (χ0n) is 21.6. The molecule has 0 radical (unpaired) electrons. The summed E-state index contributed by atoms with van der Waals surface area (Å²) in [5.74, 6) is -8.46. The molecule has 1 saturated heterocycles. The minimum Gasteiger partial charge on any atom is -0.542 e. The van der Waals surface area contributed by atoms with Crippen LogP contribution in [-0.2, 0) is 40.2 Å². The monoisotopic (exact) mass is 707 g/mol. The van der Waals surface area contributed by atoms with Crippen LogP contribution in [0.4, 0.5) is 31.5 Å². The predicted molar refractivity (Wildman–Crippen MR) is 136 cm³/mol. The van der Waals surface area contributed by atoms with E-state index in [1.807, 2.05) is 0 Å². The van der Waals surface area contributed by atoms with Crippen LogP contribution in [0.2, 0.25) is 4.34 Å². The number of rotatable bonds is 6. The molecule has 4 rings (SSSR count). The van der Waals surface area contributed by atoms with E-state index in [4.69, 9.17) is 37.1 Å². The standard InChI is InChI=1S/C18H14ClN5O5S2.2C2HF3O2/c19-15-14(21-17(20)30-15)18(22-10(26)8-25)9(7-23-4-2-1-3-5-23)13(16(28)29)24-11(27)6-12(24)31-18;2*3-2(4,5)1(6)7/h1-5,8,12H,6-7H2,(H3-,20,21,22,26,28,29);2*(H,6,7)/t12-,18?;;/m0../s1. The molecule has 23 heteroatoms. The number of carbonyl (C=O) groups is 6. The number of alkyl halides is 6. The molecule has 2 aliphatic rings. The van der Waals surface area contributed by atoms with Gasteiger partial charge in [-0.05, 0) is 0 Å². The molecule has 4 heterocycles. The molecule has 0 saturated carbocycles. The minimum atomic E-state index is -5.19. The molecular formula is C22H16ClF6N5O9S2. The van der Waals surface area contributed by atoms with Crippen LogP contribution in [0.25, 0.3) is 0 Å². The molecule has 1 unspecified atom stereocenters. The Hall–Kier alpha value is -4.44. The van der Waals surface area contributed by atoms with Gasteiger partial charge in [0.05, 0.1) is 17.4 Å². The Morgan fingerprint density at radius 3 is 2.07 bits per heavy atom. The van der Waals surface area contributed by atoms with Gasteiger partial charge >= 0.3 is 24.3 Å². The Bertz CT molecular complexity index is 1510. The molecule has 5 N–H and O–H groups in total. The number of nitrogens with one attached hydrogen (secondary N) is 1. The van der Waals surface area contributed by atoms with E-state index in [-0.39, 0.29) is 51.6 Å². The number of pyridine rings is 1. The van der Waals surface area contributed by atoms with Crippen LogP contribution in [0.3, 0.4) is 0 Å². The van der Waals surface area contributed by atoms with E-state index in [2.05, 4.69) is 10.3 Å². The second kappa shape index (κ2) is 14.1. The molecule has 2 aliphatic heterocycles. The number of nitrogen functional groups attached to an aromatic ring is 1. The highest BCUT2D eigenvalue weighted by atomic mass is 35.5. The first-order valence-corrected chi connectivity index (χ1v) is 13.4. The van der Waals surface area contributed by atoms with Crippen molar-refractivity contribution in [3.8, 4) is 0 Å². The quantitative estimate of drug-likeness (QED) is 0.105. The average molecular weight is 708 g/mol. The fourth-order valence-electron chi connectivity index (χ4n) is 3.58. The highest BCUT2D eigenvalue weighted by Crippen LogP contribution is 2.55. The summed E-state index contributed by atoms with van der Waals surface area (Å²) in [4.78, 5) is 69.6. The van der Waals surface area contributed by atoms with Gasteiger partial charge in [-0.15, -0.1) is 0 Å². The third kappa shape index (κ3) is 8.82. The highest BCUT2D eigenvalue weighted by molar-refractivity contribution is 8.01. The van der Waals surface area contributed by atoms with E-state index < -0.39 is 46.4 Å². The fraction of sp³-hybridized carbons (Fsp3) is 0.273. The minimum absolute atomic E-state index is 0.0289. The summed E-state index contributed by atoms with van der Waals surface area (Å²) >= 11 is 8.43. The van der Waals surface area contributed by atoms with Crippen molar-refractivity contribution in [3.05, 3.63) is 51.9 Å². The van der Waals surface area contributed by atoms with Crippen LogP contribution in [0.15, 0.2) is 41.9 Å². The van der Waals surface area contributed by atoms with Crippen molar-refractivity contribution in [2.45, 2.75) is 35.6 Å². The van der Waals surface area contributed by atoms with Gasteiger partial charge in [-0.1, -0.05) is 40.8 Å². The first-order valence-electron chi connectivity index (χ1n) is 11.3. The second-order valence-electron chi connectivity index (χ2n) is 8.27. The normalized spacial score (nSPS) is 19.0. The number of carboxylic acid groups (broad SMARTS) is 3. The fourth-order valence-corrected chi connectivity index (χ4v) is 6.42. The van der Waals surface area contributed by atoms with Gasteiger partial charge in [0.2, 0.25) is 12.2 Å². The first-order chi connectivity index (χ1) is 20.6. The number of aliphatic carboxylic acids is 3. The Morgan fingerprint density at radius 2 is 1.69 bits per heavy atom. The zero-order chi connectivity index (χ0) is 34.5. The molecule has 244 valence electrons. The van der Waals surface area contributed by atoms with Crippen LogP contribution >= 0.6 is 34.7 Å². The number of hydrogen-bond donors (Lipinski definition) is 4. The third-order valence-corrected chi connectivity index (χ3v) is 7.94. The van der Waals surface area contributed by atoms with Gasteiger partial charge in [-0.3, -0.25) is 19.3 Å². The lowest BCUT2D eigenvalue weighted by molar-refractivity contribution is -0.689. The maximum Gasteiger partial charge on any atom is 0.490 e. The Labute approximate surface area is 259 Å². The van der Waals surface area contributed by atoms with E-state index in [9.17, 15) is 50.6 Å². The SMILES string of the molecule is Nc1nc(C2(NC(=O)C=O)S[C@H]3CC(=O)N3C(C(=O)O)=C2C[n+]2ccccc2)c(Cl)s1.O=C(O)C(F)(F)F.O=C([O-])C(F)(F)F. The molecule has 0 bridgehead atoms. The number of anilines is 1. The number of hydrogen-bond acceptors (Lipinski definition) is 11. The number of halogens is 7. The van der Waals surface area contributed by atoms with Crippen molar-refractivity contribution in [2.24, 2.45) is 0 Å². The molecular weight excluding hydrogens is 692 g/mol. The number of fused-ring (bicyclic) bond motifs is 1. The van der Waals surface area contributed by atoms with Crippen LogP contribution in [0.1, 0.15) is 12.1 Å². The number of thioether (sulfide) groups is 1. The van der Waals surface area contributed by atoms with Gasteiger partial charge < -0.3 is 31.2 Å². The molecule has 2 atom stereocenters. The number of aromatic nitrogens is 2. The Balaban J connectivity index is 0.000000421. The summed E-state index contributed by atoms with van der Waals surface area (Å²) in [6.07, 6.45) is -6.74. The Morgan fingerprint density at radius 1 is 1.16 bits per heavy atom. The highest BCUT2D eigenvalue weighted by Gasteiger charge is 2.58. The van der Waals surface area contributed by atoms with Crippen molar-refractivity contribution >= 4 is 75.8 Å². The molecule has 2 aromatic rings. The summed E-state index contributed by atoms with van der Waals surface area (Å²) in [6, 6.07) is 5.27. The molecule has 2 aromatic heterocycles. The first kappa shape index (κ1) is 36.8. The molecule has 2 amide bonds. The van der Waals surface area contributed by atoms with Crippen LogP contribution < -0.4 is 20.7 Å². The van der Waals surface area contributed by atoms with E-state index in [1.165, 1.54) is 4.90 Å². The number of nitrogens with two attached hydrogens (primary N) is 1. The summed E-state index contributed by atoms with van der Waals surface area (Å²) in [6.45, 7) is -0.0289. The maximum absolute atomic E-state index is 12.3. The lowest BCUT2D eigenvalue weighted by Gasteiger charge is -2.50. The van der Waals surface area contributed by atoms with Crippen LogP contribution in [-0.4, -0.2) is 73.8 Å². The average Bonchev–Trinajstić information content (AvgIpc) is 3.27. The van der Waals surface area contributed by atoms with E-state index in [1.54, 1.807) is 35.2 Å². The second-order valence-corrected chi connectivity index (χ2v) is 11.3. The van der Waals surface area contributed by atoms with Gasteiger partial charge in [0, 0.05) is 12.1 Å². The molecule has 1 fully saturated rings. The van der Waals surface area contributed by atoms with Crippen molar-refractivity contribution in [2.75, 3.05) is 5.73 Å². The van der Waals surface area contributed by atoms with E-state index >= 15 is 0 Å². The molecule has 14 nitrogen and oxygen atoms in total.